The Hall–Kier alpha value is -2.90. The molecular weight excluding hydrogens is 350 g/mol. The lowest BCUT2D eigenvalue weighted by molar-refractivity contribution is -0.143. The first-order chi connectivity index (χ1) is 12.3. The lowest BCUT2D eigenvalue weighted by Crippen LogP contribution is -2.36. The number of alkyl halides is 3. The molecule has 1 amide bonds. The minimum Gasteiger partial charge on any atom is -0.348 e. The zero-order valence-electron chi connectivity index (χ0n) is 13.7. The van der Waals surface area contributed by atoms with Crippen molar-refractivity contribution in [3.05, 3.63) is 65.7 Å². The molecule has 0 aliphatic carbocycles. The fraction of sp³-hybridized carbons (Fsp3) is 0.222. The molecule has 3 rings (SSSR count). The van der Waals surface area contributed by atoms with Crippen LogP contribution >= 0.6 is 0 Å². The number of nitrogens with zero attached hydrogens (tertiary/aromatic N) is 2. The predicted octanol–water partition coefficient (Wildman–Crippen LogP) is 4.01. The van der Waals surface area contributed by atoms with Crippen LogP contribution in [-0.2, 0) is 12.7 Å². The van der Waals surface area contributed by atoms with Crippen LogP contribution in [0.2, 0.25) is 0 Å². The van der Waals surface area contributed by atoms with Crippen molar-refractivity contribution in [2.45, 2.75) is 25.7 Å². The van der Waals surface area contributed by atoms with E-state index in [4.69, 9.17) is 0 Å². The normalized spacial score (nSPS) is 13.0. The van der Waals surface area contributed by atoms with Crippen molar-refractivity contribution >= 4 is 16.9 Å². The molecule has 0 radical (unpaired) electrons. The molecule has 1 atom stereocenters. The maximum Gasteiger partial charge on any atom is 0.431 e. The van der Waals surface area contributed by atoms with Gasteiger partial charge in [-0.2, -0.15) is 13.2 Å². The Labute approximate surface area is 146 Å². The van der Waals surface area contributed by atoms with Crippen molar-refractivity contribution in [1.82, 2.24) is 14.9 Å². The van der Waals surface area contributed by atoms with Gasteiger partial charge in [0.15, 0.2) is 0 Å². The summed E-state index contributed by atoms with van der Waals surface area (Å²) in [7, 11) is 0. The van der Waals surface area contributed by atoms with Crippen molar-refractivity contribution in [3.63, 3.8) is 0 Å². The number of carbonyl (C=O) groups excluding carboxylic acids is 1. The van der Waals surface area contributed by atoms with E-state index in [0.717, 1.165) is 22.8 Å². The van der Waals surface area contributed by atoms with Gasteiger partial charge >= 0.3 is 6.18 Å². The fourth-order valence-corrected chi connectivity index (χ4v) is 2.73. The average Bonchev–Trinajstić information content (AvgIpc) is 2.94. The second kappa shape index (κ2) is 6.78. The van der Waals surface area contributed by atoms with Crippen LogP contribution in [0.1, 0.15) is 23.0 Å². The number of fused-ring (bicyclic) bond motifs is 1. The number of hydrogen-bond donors (Lipinski definition) is 1. The third kappa shape index (κ3) is 3.68. The van der Waals surface area contributed by atoms with Gasteiger partial charge in [0, 0.05) is 29.7 Å². The molecule has 0 fully saturated rings. The van der Waals surface area contributed by atoms with Gasteiger partial charge < -0.3 is 9.88 Å². The van der Waals surface area contributed by atoms with Crippen molar-refractivity contribution in [2.24, 2.45) is 0 Å². The van der Waals surface area contributed by atoms with E-state index in [-0.39, 0.29) is 17.8 Å². The highest BCUT2D eigenvalue weighted by Crippen LogP contribution is 2.33. The molecule has 0 unspecified atom stereocenters. The molecule has 4 nitrogen and oxygen atoms in total. The lowest BCUT2D eigenvalue weighted by atomic mass is 10.2. The molecule has 0 saturated carbocycles. The van der Waals surface area contributed by atoms with Crippen molar-refractivity contribution in [2.75, 3.05) is 0 Å². The van der Waals surface area contributed by atoms with Gasteiger partial charge in [0.05, 0.1) is 0 Å². The number of pyridine rings is 1. The van der Waals surface area contributed by atoms with Crippen LogP contribution in [-0.4, -0.2) is 21.5 Å². The van der Waals surface area contributed by atoms with Crippen molar-refractivity contribution < 1.29 is 22.4 Å². The summed E-state index contributed by atoms with van der Waals surface area (Å²) in [5, 5.41) is 2.99. The quantitative estimate of drug-likeness (QED) is 0.710. The Bertz CT molecular complexity index is 932. The number of amides is 1. The SMILES string of the molecule is C[C@H](Cn1c(C(F)(F)F)cc2cccnc21)NC(=O)c1ccc(F)cc1. The molecule has 26 heavy (non-hydrogen) atoms. The van der Waals surface area contributed by atoms with E-state index in [2.05, 4.69) is 10.3 Å². The molecule has 0 aliphatic rings. The summed E-state index contributed by atoms with van der Waals surface area (Å²) in [6, 6.07) is 8.46. The minimum atomic E-state index is -4.54. The van der Waals surface area contributed by atoms with E-state index >= 15 is 0 Å². The van der Waals surface area contributed by atoms with Gasteiger partial charge in [-0.05, 0) is 49.4 Å². The topological polar surface area (TPSA) is 46.9 Å². The highest BCUT2D eigenvalue weighted by atomic mass is 19.4. The lowest BCUT2D eigenvalue weighted by Gasteiger charge is -2.18. The van der Waals surface area contributed by atoms with Crippen molar-refractivity contribution in [3.8, 4) is 0 Å². The van der Waals surface area contributed by atoms with Gasteiger partial charge in [0.25, 0.3) is 5.91 Å². The van der Waals surface area contributed by atoms with Crippen LogP contribution in [0.25, 0.3) is 11.0 Å². The first-order valence-electron chi connectivity index (χ1n) is 7.83. The molecule has 0 bridgehead atoms. The largest absolute Gasteiger partial charge is 0.431 e. The Morgan fingerprint density at radius 2 is 1.92 bits per heavy atom. The van der Waals surface area contributed by atoms with Crippen LogP contribution in [0.15, 0.2) is 48.7 Å². The smallest absolute Gasteiger partial charge is 0.348 e. The maximum atomic E-state index is 13.3. The van der Waals surface area contributed by atoms with Crippen LogP contribution in [0.3, 0.4) is 0 Å². The molecule has 1 N–H and O–H groups in total. The number of halogens is 4. The highest BCUT2D eigenvalue weighted by molar-refractivity contribution is 5.94. The molecule has 0 saturated heterocycles. The first kappa shape index (κ1) is 17.9. The zero-order chi connectivity index (χ0) is 18.9. The van der Waals surface area contributed by atoms with Gasteiger partial charge in [-0.3, -0.25) is 4.79 Å². The van der Waals surface area contributed by atoms with E-state index < -0.39 is 29.6 Å². The molecule has 3 aromatic rings. The minimum absolute atomic E-state index is 0.109. The summed E-state index contributed by atoms with van der Waals surface area (Å²) >= 11 is 0. The Kier molecular flexibility index (Phi) is 4.67. The van der Waals surface area contributed by atoms with E-state index in [0.29, 0.717) is 5.39 Å². The number of benzene rings is 1. The van der Waals surface area contributed by atoms with Gasteiger partial charge in [-0.1, -0.05) is 0 Å². The van der Waals surface area contributed by atoms with Crippen LogP contribution in [0.5, 0.6) is 0 Å². The van der Waals surface area contributed by atoms with Crippen molar-refractivity contribution in [1.29, 1.82) is 0 Å². The molecule has 2 aromatic heterocycles. The Morgan fingerprint density at radius 3 is 2.58 bits per heavy atom. The molecule has 136 valence electrons. The van der Waals surface area contributed by atoms with Gasteiger partial charge in [0.2, 0.25) is 0 Å². The van der Waals surface area contributed by atoms with E-state index in [1.807, 2.05) is 0 Å². The molecule has 0 aliphatic heterocycles. The summed E-state index contributed by atoms with van der Waals surface area (Å²) in [4.78, 5) is 16.2. The number of aromatic nitrogens is 2. The third-order valence-electron chi connectivity index (χ3n) is 3.89. The molecule has 8 heteroatoms. The van der Waals surface area contributed by atoms with Gasteiger partial charge in [-0.25, -0.2) is 9.37 Å². The summed E-state index contributed by atoms with van der Waals surface area (Å²) in [6.45, 7) is 1.48. The van der Waals surface area contributed by atoms with E-state index in [1.165, 1.54) is 18.3 Å². The standard InChI is InChI=1S/C18H15F4N3O/c1-11(24-17(26)12-4-6-14(19)7-5-12)10-25-15(18(20,21)22)9-13-3-2-8-23-16(13)25/h2-9,11H,10H2,1H3,(H,24,26)/t11-/m1/s1. The zero-order valence-corrected chi connectivity index (χ0v) is 13.7. The van der Waals surface area contributed by atoms with Gasteiger partial charge in [0.1, 0.15) is 17.2 Å². The molecule has 2 heterocycles. The van der Waals surface area contributed by atoms with E-state index in [1.54, 1.807) is 19.1 Å². The fourth-order valence-electron chi connectivity index (χ4n) is 2.73. The Morgan fingerprint density at radius 1 is 1.23 bits per heavy atom. The summed E-state index contributed by atoms with van der Waals surface area (Å²) in [6.07, 6.45) is -3.12. The van der Waals surface area contributed by atoms with Crippen LogP contribution in [0.4, 0.5) is 17.6 Å². The number of hydrogen-bond acceptors (Lipinski definition) is 2. The summed E-state index contributed by atoms with van der Waals surface area (Å²) in [5.74, 6) is -0.968. The highest BCUT2D eigenvalue weighted by Gasteiger charge is 2.36. The maximum absolute atomic E-state index is 13.3. The number of nitrogens with one attached hydrogen (secondary N) is 1. The number of carbonyl (C=O) groups is 1. The number of rotatable bonds is 4. The third-order valence-corrected chi connectivity index (χ3v) is 3.89. The summed E-state index contributed by atoms with van der Waals surface area (Å²) < 4.78 is 54.0. The monoisotopic (exact) mass is 365 g/mol. The second-order valence-electron chi connectivity index (χ2n) is 5.94. The van der Waals surface area contributed by atoms with Crippen LogP contribution in [0, 0.1) is 5.82 Å². The Balaban J connectivity index is 1.83. The van der Waals surface area contributed by atoms with E-state index in [9.17, 15) is 22.4 Å². The summed E-state index contributed by atoms with van der Waals surface area (Å²) in [5.41, 5.74) is -0.401. The van der Waals surface area contributed by atoms with Gasteiger partial charge in [-0.15, -0.1) is 0 Å². The average molecular weight is 365 g/mol. The molecule has 0 spiro atoms. The first-order valence-corrected chi connectivity index (χ1v) is 7.83. The second-order valence-corrected chi connectivity index (χ2v) is 5.94. The molecular formula is C18H15F4N3O. The predicted molar refractivity (Wildman–Crippen MR) is 88.1 cm³/mol. The molecule has 1 aromatic carbocycles. The van der Waals surface area contributed by atoms with Crippen LogP contribution < -0.4 is 5.32 Å².